The predicted molar refractivity (Wildman–Crippen MR) is 124 cm³/mol. The van der Waals surface area contributed by atoms with Crippen molar-refractivity contribution >= 4 is 22.6 Å². The summed E-state index contributed by atoms with van der Waals surface area (Å²) in [5.41, 5.74) is 5.21. The molecule has 6 nitrogen and oxygen atoms in total. The lowest BCUT2D eigenvalue weighted by atomic mass is 10.1. The Bertz CT molecular complexity index is 1230. The second-order valence-electron chi connectivity index (χ2n) is 7.44. The number of aliphatic imine (C=N–C) groups is 1. The number of aryl methyl sites for hydroxylation is 1. The molecule has 5 rings (SSSR count). The first-order chi connectivity index (χ1) is 15.3. The Morgan fingerprint density at radius 3 is 2.52 bits per heavy atom. The summed E-state index contributed by atoms with van der Waals surface area (Å²) in [6.07, 6.45) is 0.500. The molecule has 0 radical (unpaired) electrons. The maximum Gasteiger partial charge on any atom is 0.209 e. The highest BCUT2D eigenvalue weighted by Crippen LogP contribution is 2.33. The lowest BCUT2D eigenvalue weighted by Gasteiger charge is -2.39. The molecule has 1 aliphatic heterocycles. The molecule has 156 valence electrons. The number of hydrogen-bond donors (Lipinski definition) is 1. The van der Waals surface area contributed by atoms with Crippen molar-refractivity contribution in [2.75, 3.05) is 12.4 Å². The van der Waals surface area contributed by atoms with Gasteiger partial charge in [0.15, 0.2) is 5.84 Å². The van der Waals surface area contributed by atoms with Crippen LogP contribution in [0.1, 0.15) is 30.2 Å². The average molecular weight is 412 g/mol. The Hall–Kier alpha value is -3.64. The molecule has 1 aromatic heterocycles. The van der Waals surface area contributed by atoms with Gasteiger partial charge >= 0.3 is 0 Å². The zero-order chi connectivity index (χ0) is 21.2. The van der Waals surface area contributed by atoms with Gasteiger partial charge in [-0.3, -0.25) is 14.4 Å². The van der Waals surface area contributed by atoms with Gasteiger partial charge in [0, 0.05) is 17.7 Å². The summed E-state index contributed by atoms with van der Waals surface area (Å²) in [6.45, 7) is 2.69. The molecule has 0 saturated carbocycles. The number of rotatable bonds is 5. The fraction of sp³-hybridized carbons (Fsp3) is 0.200. The van der Waals surface area contributed by atoms with Crippen LogP contribution in [0, 0.1) is 0 Å². The van der Waals surface area contributed by atoms with Gasteiger partial charge in [0.25, 0.3) is 0 Å². The third-order valence-electron chi connectivity index (χ3n) is 5.56. The maximum absolute atomic E-state index is 5.93. The zero-order valence-corrected chi connectivity index (χ0v) is 17.7. The molecule has 1 aliphatic rings. The van der Waals surface area contributed by atoms with Crippen LogP contribution in [0.3, 0.4) is 0 Å². The van der Waals surface area contributed by atoms with Crippen LogP contribution >= 0.6 is 0 Å². The molecule has 6 heteroatoms. The lowest BCUT2D eigenvalue weighted by Crippen LogP contribution is -2.46. The van der Waals surface area contributed by atoms with Crippen molar-refractivity contribution in [3.63, 3.8) is 0 Å². The summed E-state index contributed by atoms with van der Waals surface area (Å²) < 4.78 is 2.20. The van der Waals surface area contributed by atoms with E-state index in [0.717, 1.165) is 45.9 Å². The van der Waals surface area contributed by atoms with E-state index in [9.17, 15) is 0 Å². The van der Waals surface area contributed by atoms with Crippen molar-refractivity contribution in [3.8, 4) is 0 Å². The van der Waals surface area contributed by atoms with E-state index in [-0.39, 0.29) is 6.29 Å². The molecule has 4 aromatic rings. The number of amidine groups is 1. The van der Waals surface area contributed by atoms with Crippen molar-refractivity contribution in [2.45, 2.75) is 26.2 Å². The van der Waals surface area contributed by atoms with E-state index >= 15 is 0 Å². The molecular weight excluding hydrogens is 386 g/mol. The standard InChI is InChI=1S/C25H25N5O/c1-3-23-27-21-15-9-10-16-22(21)29(23)25-28-20-14-8-7-13-19(20)24(30(25)31-2)26-17-18-11-5-4-6-12-18/h4-16,25,28H,3,17H2,1-2H3. The van der Waals surface area contributed by atoms with Crippen molar-refractivity contribution in [2.24, 2.45) is 4.99 Å². The number of hydrogen-bond acceptors (Lipinski definition) is 4. The van der Waals surface area contributed by atoms with Crippen molar-refractivity contribution in [1.29, 1.82) is 0 Å². The molecule has 0 aliphatic carbocycles. The first-order valence-corrected chi connectivity index (χ1v) is 10.5. The minimum atomic E-state index is -0.309. The lowest BCUT2D eigenvalue weighted by molar-refractivity contribution is -0.111. The summed E-state index contributed by atoms with van der Waals surface area (Å²) in [7, 11) is 1.69. The smallest absolute Gasteiger partial charge is 0.209 e. The number of benzene rings is 3. The fourth-order valence-corrected chi connectivity index (χ4v) is 4.11. The van der Waals surface area contributed by atoms with Gasteiger partial charge in [0.2, 0.25) is 6.29 Å². The number of imidazole rings is 1. The second-order valence-corrected chi connectivity index (χ2v) is 7.44. The molecule has 0 saturated heterocycles. The van der Waals surface area contributed by atoms with Gasteiger partial charge in [0.1, 0.15) is 5.82 Å². The Kier molecular flexibility index (Phi) is 5.14. The van der Waals surface area contributed by atoms with Crippen LogP contribution < -0.4 is 5.32 Å². The highest BCUT2D eigenvalue weighted by molar-refractivity contribution is 6.04. The molecule has 31 heavy (non-hydrogen) atoms. The quantitative estimate of drug-likeness (QED) is 0.503. The van der Waals surface area contributed by atoms with E-state index in [1.807, 2.05) is 53.6 Å². The number of para-hydroxylation sites is 3. The molecule has 0 spiro atoms. The van der Waals surface area contributed by atoms with E-state index in [1.165, 1.54) is 0 Å². The third-order valence-corrected chi connectivity index (χ3v) is 5.56. The molecule has 0 fully saturated rings. The monoisotopic (exact) mass is 411 g/mol. The normalized spacial score (nSPS) is 17.0. The average Bonchev–Trinajstić information content (AvgIpc) is 3.21. The summed E-state index contributed by atoms with van der Waals surface area (Å²) in [4.78, 5) is 15.8. The summed E-state index contributed by atoms with van der Waals surface area (Å²) in [6, 6.07) is 26.7. The number of hydroxylamine groups is 2. The first kappa shape index (κ1) is 19.3. The molecule has 1 N–H and O–H groups in total. The predicted octanol–water partition coefficient (Wildman–Crippen LogP) is 4.99. The molecule has 2 heterocycles. The Morgan fingerprint density at radius 2 is 1.71 bits per heavy atom. The first-order valence-electron chi connectivity index (χ1n) is 10.5. The van der Waals surface area contributed by atoms with E-state index in [0.29, 0.717) is 6.54 Å². The topological polar surface area (TPSA) is 54.7 Å². The molecule has 0 amide bonds. The van der Waals surface area contributed by atoms with E-state index < -0.39 is 0 Å². The van der Waals surface area contributed by atoms with Gasteiger partial charge in [0.05, 0.1) is 24.7 Å². The highest BCUT2D eigenvalue weighted by atomic mass is 16.7. The van der Waals surface area contributed by atoms with Crippen LogP contribution in [0.25, 0.3) is 11.0 Å². The van der Waals surface area contributed by atoms with Crippen LogP contribution in [0.15, 0.2) is 83.9 Å². The fourth-order valence-electron chi connectivity index (χ4n) is 4.11. The summed E-state index contributed by atoms with van der Waals surface area (Å²) in [5, 5.41) is 5.48. The molecule has 0 bridgehead atoms. The molecular formula is C25H25N5O. The van der Waals surface area contributed by atoms with E-state index in [4.69, 9.17) is 14.8 Å². The summed E-state index contributed by atoms with van der Waals surface area (Å²) in [5.74, 6) is 1.79. The number of fused-ring (bicyclic) bond motifs is 2. The Morgan fingerprint density at radius 1 is 0.968 bits per heavy atom. The van der Waals surface area contributed by atoms with Crippen LogP contribution in [0.4, 0.5) is 5.69 Å². The number of nitrogens with one attached hydrogen (secondary N) is 1. The van der Waals surface area contributed by atoms with Gasteiger partial charge in [-0.1, -0.05) is 61.5 Å². The van der Waals surface area contributed by atoms with Crippen LogP contribution in [-0.2, 0) is 17.8 Å². The largest absolute Gasteiger partial charge is 0.345 e. The molecule has 1 atom stereocenters. The highest BCUT2D eigenvalue weighted by Gasteiger charge is 2.34. The zero-order valence-electron chi connectivity index (χ0n) is 17.7. The molecule has 3 aromatic carbocycles. The number of nitrogens with zero attached hydrogens (tertiary/aromatic N) is 4. The number of anilines is 1. The Balaban J connectivity index is 1.65. The van der Waals surface area contributed by atoms with Gasteiger partial charge in [-0.2, -0.15) is 5.06 Å². The van der Waals surface area contributed by atoms with Crippen LogP contribution in [0.5, 0.6) is 0 Å². The number of aromatic nitrogens is 2. The van der Waals surface area contributed by atoms with Crippen molar-refractivity contribution in [3.05, 3.63) is 95.8 Å². The van der Waals surface area contributed by atoms with Crippen LogP contribution in [-0.4, -0.2) is 27.6 Å². The van der Waals surface area contributed by atoms with E-state index in [2.05, 4.69) is 47.1 Å². The van der Waals surface area contributed by atoms with Gasteiger partial charge in [-0.05, 0) is 29.8 Å². The van der Waals surface area contributed by atoms with Gasteiger partial charge in [-0.15, -0.1) is 0 Å². The van der Waals surface area contributed by atoms with Gasteiger partial charge in [-0.25, -0.2) is 4.98 Å². The van der Waals surface area contributed by atoms with Gasteiger partial charge < -0.3 is 5.32 Å². The van der Waals surface area contributed by atoms with E-state index in [1.54, 1.807) is 7.11 Å². The van der Waals surface area contributed by atoms with Crippen molar-refractivity contribution < 1.29 is 4.84 Å². The van der Waals surface area contributed by atoms with Crippen LogP contribution in [0.2, 0.25) is 0 Å². The maximum atomic E-state index is 5.93. The second kappa shape index (κ2) is 8.24. The Labute approximate surface area is 181 Å². The third kappa shape index (κ3) is 3.45. The minimum Gasteiger partial charge on any atom is -0.345 e. The molecule has 1 unspecified atom stereocenters. The summed E-state index contributed by atoms with van der Waals surface area (Å²) >= 11 is 0. The minimum absolute atomic E-state index is 0.309. The SMILES string of the molecule is CCc1nc2ccccc2n1C1Nc2ccccc2C(=NCc2ccccc2)N1OC. The van der Waals surface area contributed by atoms with Crippen molar-refractivity contribution in [1.82, 2.24) is 14.6 Å².